The van der Waals surface area contributed by atoms with Gasteiger partial charge in [0.2, 0.25) is 0 Å². The molecule has 0 aromatic heterocycles. The third kappa shape index (κ3) is 3.88. The molecule has 0 bridgehead atoms. The number of rotatable bonds is 5. The monoisotopic (exact) mass is 433 g/mol. The molecule has 32 heavy (non-hydrogen) atoms. The molecule has 1 aliphatic rings. The van der Waals surface area contributed by atoms with E-state index in [1.165, 1.54) is 39.6 Å². The Labute approximate surface area is 191 Å². The minimum atomic E-state index is -2.20. The van der Waals surface area contributed by atoms with Gasteiger partial charge in [0.1, 0.15) is 0 Å². The molecule has 1 aliphatic carbocycles. The van der Waals surface area contributed by atoms with Crippen LogP contribution in [0.5, 0.6) is 0 Å². The molecule has 0 saturated heterocycles. The van der Waals surface area contributed by atoms with E-state index in [0.29, 0.717) is 5.92 Å². The first-order valence-corrected chi connectivity index (χ1v) is 13.7. The van der Waals surface area contributed by atoms with Crippen molar-refractivity contribution >= 4 is 23.2 Å². The molecule has 1 nitrogen and oxygen atoms in total. The van der Waals surface area contributed by atoms with Crippen molar-refractivity contribution in [1.29, 1.82) is 5.26 Å². The molecule has 0 spiro atoms. The maximum absolute atomic E-state index is 9.28. The van der Waals surface area contributed by atoms with Crippen molar-refractivity contribution in [2.24, 2.45) is 5.92 Å². The van der Waals surface area contributed by atoms with E-state index >= 15 is 0 Å². The van der Waals surface area contributed by atoms with Gasteiger partial charge in [-0.2, -0.15) is 0 Å². The first-order valence-electron chi connectivity index (χ1n) is 11.5. The van der Waals surface area contributed by atoms with E-state index in [2.05, 4.69) is 109 Å². The summed E-state index contributed by atoms with van der Waals surface area (Å²) < 4.78 is 0. The van der Waals surface area contributed by atoms with Crippen LogP contribution in [-0.4, -0.2) is 6.16 Å². The van der Waals surface area contributed by atoms with Crippen LogP contribution in [0.2, 0.25) is 0 Å². The van der Waals surface area contributed by atoms with E-state index in [1.54, 1.807) is 0 Å². The Balaban J connectivity index is 1.61. The van der Waals surface area contributed by atoms with Gasteiger partial charge in [0.15, 0.2) is 0 Å². The molecule has 1 unspecified atom stereocenters. The van der Waals surface area contributed by atoms with Crippen LogP contribution in [0.25, 0.3) is 0 Å². The van der Waals surface area contributed by atoms with E-state index in [0.717, 1.165) is 18.4 Å². The van der Waals surface area contributed by atoms with Gasteiger partial charge in [0.05, 0.1) is 0 Å². The summed E-state index contributed by atoms with van der Waals surface area (Å²) in [6.07, 6.45) is 4.55. The molecule has 0 radical (unpaired) electrons. The van der Waals surface area contributed by atoms with Gasteiger partial charge in [-0.05, 0) is 0 Å². The number of benzene rings is 4. The fraction of sp³-hybridized carbons (Fsp3) is 0.167. The van der Waals surface area contributed by atoms with Gasteiger partial charge < -0.3 is 0 Å². The van der Waals surface area contributed by atoms with Crippen molar-refractivity contribution in [1.82, 2.24) is 0 Å². The Kier molecular flexibility index (Phi) is 5.89. The van der Waals surface area contributed by atoms with E-state index in [1.807, 2.05) is 6.07 Å². The third-order valence-electron chi connectivity index (χ3n) is 7.06. The third-order valence-corrected chi connectivity index (χ3v) is 12.2. The number of aryl methyl sites for hydroxylation is 1. The Morgan fingerprint density at radius 3 is 1.72 bits per heavy atom. The number of nitrogens with zero attached hydrogens (tertiary/aromatic N) is 1. The first kappa shape index (κ1) is 20.7. The zero-order valence-corrected chi connectivity index (χ0v) is 19.2. The second kappa shape index (κ2) is 9.12. The van der Waals surface area contributed by atoms with Crippen LogP contribution in [0.15, 0.2) is 109 Å². The molecule has 0 saturated carbocycles. The van der Waals surface area contributed by atoms with E-state index in [9.17, 15) is 5.26 Å². The standard InChI is InChI=1S/C30H28NP/c31-22-24-16-18-27-21-25(17-19-26(27)20-24)23-32(28-10-4-1-5-11-28,29-12-6-2-7-13-29)30-14-8-3-9-15-30/h1-16,18,20,25,32H,17,19,21,23H2. The number of nitriles is 1. The van der Waals surface area contributed by atoms with Crippen molar-refractivity contribution in [3.05, 3.63) is 126 Å². The van der Waals surface area contributed by atoms with Gasteiger partial charge >= 0.3 is 192 Å². The molecule has 0 amide bonds. The van der Waals surface area contributed by atoms with Gasteiger partial charge in [-0.15, -0.1) is 0 Å². The fourth-order valence-corrected chi connectivity index (χ4v) is 10.7. The van der Waals surface area contributed by atoms with E-state index in [4.69, 9.17) is 0 Å². The molecule has 0 N–H and O–H groups in total. The Morgan fingerprint density at radius 1 is 0.688 bits per heavy atom. The van der Waals surface area contributed by atoms with Crippen LogP contribution in [-0.2, 0) is 12.8 Å². The Bertz CT molecular complexity index is 1130. The molecule has 0 fully saturated rings. The number of hydrogen-bond donors (Lipinski definition) is 0. The molecule has 4 aromatic rings. The van der Waals surface area contributed by atoms with Crippen LogP contribution in [0.3, 0.4) is 0 Å². The topological polar surface area (TPSA) is 23.8 Å². The van der Waals surface area contributed by atoms with E-state index in [-0.39, 0.29) is 0 Å². The Morgan fingerprint density at radius 2 is 1.22 bits per heavy atom. The summed E-state index contributed by atoms with van der Waals surface area (Å²) in [6, 6.07) is 42.2. The van der Waals surface area contributed by atoms with Crippen LogP contribution >= 0.6 is 7.26 Å². The number of fused-ring (bicyclic) bond motifs is 1. The predicted octanol–water partition coefficient (Wildman–Crippen LogP) is 5.39. The van der Waals surface area contributed by atoms with Crippen molar-refractivity contribution in [3.63, 3.8) is 0 Å². The Hall–Kier alpha value is -3.20. The summed E-state index contributed by atoms with van der Waals surface area (Å²) in [6.45, 7) is 0. The van der Waals surface area contributed by atoms with Crippen molar-refractivity contribution in [2.75, 3.05) is 6.16 Å². The normalized spacial score (nSPS) is 16.0. The predicted molar refractivity (Wildman–Crippen MR) is 138 cm³/mol. The molecule has 0 aliphatic heterocycles. The molecule has 4 aromatic carbocycles. The fourth-order valence-electron chi connectivity index (χ4n) is 5.53. The number of hydrogen-bond acceptors (Lipinski definition) is 1. The minimum absolute atomic E-state index is 0.628. The summed E-state index contributed by atoms with van der Waals surface area (Å²) in [5.41, 5.74) is 3.58. The van der Waals surface area contributed by atoms with Crippen LogP contribution in [0, 0.1) is 17.2 Å². The molecule has 5 rings (SSSR count). The molecule has 0 heterocycles. The van der Waals surface area contributed by atoms with Gasteiger partial charge in [-0.25, -0.2) is 0 Å². The molecule has 1 atom stereocenters. The van der Waals surface area contributed by atoms with Gasteiger partial charge in [0, 0.05) is 0 Å². The second-order valence-corrected chi connectivity index (χ2v) is 12.9. The van der Waals surface area contributed by atoms with E-state index < -0.39 is 7.26 Å². The average molecular weight is 434 g/mol. The second-order valence-electron chi connectivity index (χ2n) is 8.91. The summed E-state index contributed by atoms with van der Waals surface area (Å²) in [7, 11) is -2.20. The molecule has 158 valence electrons. The average Bonchev–Trinajstić information content (AvgIpc) is 2.88. The van der Waals surface area contributed by atoms with Crippen LogP contribution < -0.4 is 15.9 Å². The molecular formula is C30H28NP. The zero-order valence-electron chi connectivity index (χ0n) is 18.2. The SMILES string of the molecule is N#Cc1ccc2c(c1)CCC(C[PH](c1ccccc1)(c1ccccc1)c1ccccc1)C2. The summed E-state index contributed by atoms with van der Waals surface area (Å²) in [5.74, 6) is 0.628. The van der Waals surface area contributed by atoms with Gasteiger partial charge in [-0.1, -0.05) is 0 Å². The van der Waals surface area contributed by atoms with Crippen molar-refractivity contribution in [2.45, 2.75) is 19.3 Å². The maximum atomic E-state index is 9.28. The van der Waals surface area contributed by atoms with Crippen molar-refractivity contribution in [3.8, 4) is 6.07 Å². The van der Waals surface area contributed by atoms with Gasteiger partial charge in [0.25, 0.3) is 0 Å². The quantitative estimate of drug-likeness (QED) is 0.387. The summed E-state index contributed by atoms with van der Waals surface area (Å²) in [5, 5.41) is 13.7. The van der Waals surface area contributed by atoms with Gasteiger partial charge in [-0.3, -0.25) is 0 Å². The summed E-state index contributed by atoms with van der Waals surface area (Å²) >= 11 is 0. The zero-order chi connectivity index (χ0) is 21.8. The van der Waals surface area contributed by atoms with Crippen LogP contribution in [0.1, 0.15) is 23.1 Å². The van der Waals surface area contributed by atoms with Crippen molar-refractivity contribution < 1.29 is 0 Å². The summed E-state index contributed by atoms with van der Waals surface area (Å²) in [4.78, 5) is 0. The van der Waals surface area contributed by atoms with Crippen LogP contribution in [0.4, 0.5) is 0 Å². The first-order chi connectivity index (χ1) is 15.8. The molecular weight excluding hydrogens is 405 g/mol. The molecule has 2 heteroatoms.